The van der Waals surface area contributed by atoms with Gasteiger partial charge < -0.3 is 9.64 Å². The summed E-state index contributed by atoms with van der Waals surface area (Å²) in [5, 5.41) is 9.47. The molecule has 1 amide bonds. The topological polar surface area (TPSA) is 53.3 Å². The van der Waals surface area contributed by atoms with E-state index in [1.165, 1.54) is 7.11 Å². The number of piperidine rings is 1. The maximum atomic E-state index is 12.5. The third-order valence-electron chi connectivity index (χ3n) is 3.28. The first-order valence-corrected chi connectivity index (χ1v) is 6.56. The number of nitrogens with zero attached hydrogens (tertiary/aromatic N) is 2. The van der Waals surface area contributed by atoms with Crippen LogP contribution in [0.4, 0.5) is 0 Å². The van der Waals surface area contributed by atoms with Gasteiger partial charge in [-0.05, 0) is 31.0 Å². The summed E-state index contributed by atoms with van der Waals surface area (Å²) in [6, 6.07) is 7.21. The smallest absolute Gasteiger partial charge is 0.257 e. The van der Waals surface area contributed by atoms with Crippen LogP contribution in [0.25, 0.3) is 0 Å². The number of methoxy groups -OCH3 is 1. The Bertz CT molecular complexity index is 525. The number of halogens is 1. The van der Waals surface area contributed by atoms with Gasteiger partial charge in [-0.1, -0.05) is 11.6 Å². The zero-order valence-electron chi connectivity index (χ0n) is 10.7. The Balaban J connectivity index is 2.24. The summed E-state index contributed by atoms with van der Waals surface area (Å²) in [7, 11) is 1.52. The first kappa shape index (κ1) is 13.7. The summed E-state index contributed by atoms with van der Waals surface area (Å²) in [6.45, 7) is 1.15. The zero-order chi connectivity index (χ0) is 13.8. The highest BCUT2D eigenvalue weighted by Crippen LogP contribution is 2.26. The predicted octanol–water partition coefficient (Wildman–Crippen LogP) is 2.72. The molecule has 0 N–H and O–H groups in total. The second-order valence-electron chi connectivity index (χ2n) is 4.56. The third-order valence-corrected chi connectivity index (χ3v) is 3.52. The number of hydrogen-bond donors (Lipinski definition) is 0. The van der Waals surface area contributed by atoms with Crippen LogP contribution < -0.4 is 4.74 Å². The van der Waals surface area contributed by atoms with Gasteiger partial charge in [0, 0.05) is 18.1 Å². The second kappa shape index (κ2) is 5.94. The molecule has 1 atom stereocenters. The highest BCUT2D eigenvalue weighted by atomic mass is 35.5. The molecule has 0 spiro atoms. The number of nitriles is 1. The normalized spacial score (nSPS) is 18.8. The Kier molecular flexibility index (Phi) is 4.28. The van der Waals surface area contributed by atoms with Crippen molar-refractivity contribution in [1.82, 2.24) is 4.90 Å². The van der Waals surface area contributed by atoms with Crippen LogP contribution in [0.2, 0.25) is 5.02 Å². The van der Waals surface area contributed by atoms with Crippen molar-refractivity contribution in [3.8, 4) is 11.8 Å². The molecule has 1 fully saturated rings. The zero-order valence-corrected chi connectivity index (χ0v) is 11.5. The summed E-state index contributed by atoms with van der Waals surface area (Å²) in [6.07, 6.45) is 1.71. The highest BCUT2D eigenvalue weighted by molar-refractivity contribution is 6.31. The molecule has 2 rings (SSSR count). The van der Waals surface area contributed by atoms with Gasteiger partial charge in [0.25, 0.3) is 5.91 Å². The molecule has 1 aromatic carbocycles. The van der Waals surface area contributed by atoms with E-state index < -0.39 is 0 Å². The summed E-state index contributed by atoms with van der Waals surface area (Å²) < 4.78 is 5.19. The molecule has 1 aliphatic heterocycles. The predicted molar refractivity (Wildman–Crippen MR) is 72.2 cm³/mol. The van der Waals surface area contributed by atoms with Crippen molar-refractivity contribution in [1.29, 1.82) is 5.26 Å². The number of carbonyl (C=O) groups excluding carboxylic acids is 1. The molecule has 0 bridgehead atoms. The number of benzene rings is 1. The highest BCUT2D eigenvalue weighted by Gasteiger charge is 2.26. The van der Waals surface area contributed by atoms with Gasteiger partial charge in [-0.2, -0.15) is 5.26 Å². The molecule has 0 aromatic heterocycles. The Morgan fingerprint density at radius 1 is 1.58 bits per heavy atom. The van der Waals surface area contributed by atoms with Crippen LogP contribution in [-0.2, 0) is 0 Å². The van der Waals surface area contributed by atoms with E-state index in [0.717, 1.165) is 12.8 Å². The standard InChI is InChI=1S/C14H15ClN2O2/c1-19-13-5-4-11(15)7-12(13)14(18)17-6-2-3-10(8-16)9-17/h4-5,7,10H,2-3,6,9H2,1H3. The molecule has 1 aromatic rings. The quantitative estimate of drug-likeness (QED) is 0.836. The van der Waals surface area contributed by atoms with Crippen molar-refractivity contribution in [3.63, 3.8) is 0 Å². The average Bonchev–Trinajstić information content (AvgIpc) is 2.46. The van der Waals surface area contributed by atoms with E-state index in [2.05, 4.69) is 6.07 Å². The van der Waals surface area contributed by atoms with Gasteiger partial charge in [0.15, 0.2) is 0 Å². The van der Waals surface area contributed by atoms with Crippen LogP contribution in [0.1, 0.15) is 23.2 Å². The molecule has 1 heterocycles. The number of amides is 1. The maximum absolute atomic E-state index is 12.5. The van der Waals surface area contributed by atoms with Crippen LogP contribution in [0, 0.1) is 17.2 Å². The Labute approximate surface area is 117 Å². The molecule has 0 radical (unpaired) electrons. The summed E-state index contributed by atoms with van der Waals surface area (Å²) in [5.74, 6) is 0.302. The van der Waals surface area contributed by atoms with E-state index in [1.807, 2.05) is 0 Å². The minimum atomic E-state index is -0.126. The van der Waals surface area contributed by atoms with Crippen molar-refractivity contribution >= 4 is 17.5 Å². The number of carbonyl (C=O) groups is 1. The molecular weight excluding hydrogens is 264 g/mol. The van der Waals surface area contributed by atoms with Crippen LogP contribution in [0.5, 0.6) is 5.75 Å². The van der Waals surface area contributed by atoms with Gasteiger partial charge in [-0.3, -0.25) is 4.79 Å². The van der Waals surface area contributed by atoms with Crippen molar-refractivity contribution in [3.05, 3.63) is 28.8 Å². The Morgan fingerprint density at radius 3 is 3.05 bits per heavy atom. The van der Waals surface area contributed by atoms with Crippen LogP contribution in [0.3, 0.4) is 0 Å². The van der Waals surface area contributed by atoms with Crippen molar-refractivity contribution < 1.29 is 9.53 Å². The molecule has 0 aliphatic carbocycles. The molecule has 5 heteroatoms. The minimum Gasteiger partial charge on any atom is -0.496 e. The van der Waals surface area contributed by atoms with Gasteiger partial charge in [-0.15, -0.1) is 0 Å². The van der Waals surface area contributed by atoms with E-state index in [-0.39, 0.29) is 11.8 Å². The maximum Gasteiger partial charge on any atom is 0.257 e. The monoisotopic (exact) mass is 278 g/mol. The van der Waals surface area contributed by atoms with Gasteiger partial charge >= 0.3 is 0 Å². The lowest BCUT2D eigenvalue weighted by atomic mass is 9.99. The fourth-order valence-corrected chi connectivity index (χ4v) is 2.46. The van der Waals surface area contributed by atoms with E-state index in [1.54, 1.807) is 23.1 Å². The molecule has 1 aliphatic rings. The van der Waals surface area contributed by atoms with Crippen LogP contribution in [0.15, 0.2) is 18.2 Å². The van der Waals surface area contributed by atoms with Crippen molar-refractivity contribution in [2.75, 3.05) is 20.2 Å². The summed E-state index contributed by atoms with van der Waals surface area (Å²) in [4.78, 5) is 14.2. The van der Waals surface area contributed by atoms with E-state index >= 15 is 0 Å². The fourth-order valence-electron chi connectivity index (χ4n) is 2.28. The van der Waals surface area contributed by atoms with E-state index in [4.69, 9.17) is 21.6 Å². The van der Waals surface area contributed by atoms with Crippen molar-refractivity contribution in [2.24, 2.45) is 5.92 Å². The average molecular weight is 279 g/mol. The largest absolute Gasteiger partial charge is 0.496 e. The number of likely N-dealkylation sites (tertiary alicyclic amines) is 1. The van der Waals surface area contributed by atoms with Gasteiger partial charge in [0.05, 0.1) is 24.7 Å². The van der Waals surface area contributed by atoms with Gasteiger partial charge in [0.2, 0.25) is 0 Å². The molecular formula is C14H15ClN2O2. The van der Waals surface area contributed by atoms with Gasteiger partial charge in [-0.25, -0.2) is 0 Å². The third kappa shape index (κ3) is 2.99. The SMILES string of the molecule is COc1ccc(Cl)cc1C(=O)N1CCCC(C#N)C1. The lowest BCUT2D eigenvalue weighted by Crippen LogP contribution is -2.39. The summed E-state index contributed by atoms with van der Waals surface area (Å²) >= 11 is 5.93. The fraction of sp³-hybridized carbons (Fsp3) is 0.429. The molecule has 4 nitrogen and oxygen atoms in total. The molecule has 1 unspecified atom stereocenters. The Morgan fingerprint density at radius 2 is 2.37 bits per heavy atom. The minimum absolute atomic E-state index is 0.0807. The molecule has 19 heavy (non-hydrogen) atoms. The van der Waals surface area contributed by atoms with E-state index in [0.29, 0.717) is 29.4 Å². The van der Waals surface area contributed by atoms with Crippen molar-refractivity contribution in [2.45, 2.75) is 12.8 Å². The second-order valence-corrected chi connectivity index (χ2v) is 5.00. The van der Waals surface area contributed by atoms with E-state index in [9.17, 15) is 4.79 Å². The van der Waals surface area contributed by atoms with Crippen LogP contribution in [-0.4, -0.2) is 31.0 Å². The van der Waals surface area contributed by atoms with Crippen LogP contribution >= 0.6 is 11.6 Å². The first-order valence-electron chi connectivity index (χ1n) is 6.18. The lowest BCUT2D eigenvalue weighted by molar-refractivity contribution is 0.0695. The molecule has 1 saturated heterocycles. The molecule has 0 saturated carbocycles. The summed E-state index contributed by atoms with van der Waals surface area (Å²) in [5.41, 5.74) is 0.452. The first-order chi connectivity index (χ1) is 9.15. The lowest BCUT2D eigenvalue weighted by Gasteiger charge is -2.30. The number of hydrogen-bond acceptors (Lipinski definition) is 3. The Hall–Kier alpha value is -1.73. The molecule has 100 valence electrons. The van der Waals surface area contributed by atoms with Gasteiger partial charge in [0.1, 0.15) is 5.75 Å². The number of ether oxygens (including phenoxy) is 1. The number of rotatable bonds is 2.